The van der Waals surface area contributed by atoms with E-state index in [0.717, 1.165) is 22.3 Å². The van der Waals surface area contributed by atoms with Gasteiger partial charge in [-0.05, 0) is 32.0 Å². The van der Waals surface area contributed by atoms with E-state index in [1.165, 1.54) is 0 Å². The minimum atomic E-state index is -0.567. The first-order chi connectivity index (χ1) is 10.1. The summed E-state index contributed by atoms with van der Waals surface area (Å²) >= 11 is 0. The molecule has 112 valence electrons. The number of carbonyl (C=O) groups excluding carboxylic acids is 1. The van der Waals surface area contributed by atoms with Gasteiger partial charge in [-0.25, -0.2) is 0 Å². The molecule has 6 nitrogen and oxygen atoms in total. The third-order valence-corrected chi connectivity index (χ3v) is 3.75. The Bertz CT molecular complexity index is 680. The van der Waals surface area contributed by atoms with Gasteiger partial charge in [0.05, 0.1) is 30.5 Å². The van der Waals surface area contributed by atoms with Gasteiger partial charge in [-0.15, -0.1) is 0 Å². The molecule has 1 amide bonds. The minimum Gasteiger partial charge on any atom is -0.373 e. The third kappa shape index (κ3) is 2.64. The summed E-state index contributed by atoms with van der Waals surface area (Å²) in [7, 11) is 1.89. The van der Waals surface area contributed by atoms with E-state index in [2.05, 4.69) is 10.4 Å². The normalized spacial score (nSPS) is 22.4. The van der Waals surface area contributed by atoms with Gasteiger partial charge in [0, 0.05) is 18.1 Å². The summed E-state index contributed by atoms with van der Waals surface area (Å²) in [6, 6.07) is 5.76. The molecule has 21 heavy (non-hydrogen) atoms. The Morgan fingerprint density at radius 2 is 2.14 bits per heavy atom. The molecule has 1 aliphatic rings. The van der Waals surface area contributed by atoms with Crippen molar-refractivity contribution in [3.63, 3.8) is 0 Å². The van der Waals surface area contributed by atoms with Crippen LogP contribution in [0.2, 0.25) is 0 Å². The number of hydrogen-bond acceptors (Lipinski definition) is 4. The Morgan fingerprint density at radius 1 is 1.38 bits per heavy atom. The quantitative estimate of drug-likeness (QED) is 0.912. The van der Waals surface area contributed by atoms with Crippen molar-refractivity contribution in [3.8, 4) is 0 Å². The number of aromatic nitrogens is 2. The van der Waals surface area contributed by atoms with Crippen molar-refractivity contribution in [2.45, 2.75) is 26.1 Å². The van der Waals surface area contributed by atoms with Crippen LogP contribution in [0, 0.1) is 6.92 Å². The molecular formula is C15H19N3O3. The molecular weight excluding hydrogens is 270 g/mol. The maximum Gasteiger partial charge on any atom is 0.256 e. The molecule has 0 aliphatic carbocycles. The number of nitrogens with one attached hydrogen (secondary N) is 1. The van der Waals surface area contributed by atoms with Gasteiger partial charge in [-0.2, -0.15) is 5.10 Å². The summed E-state index contributed by atoms with van der Waals surface area (Å²) in [5.74, 6) is -0.180. The van der Waals surface area contributed by atoms with Crippen LogP contribution in [0.5, 0.6) is 0 Å². The van der Waals surface area contributed by atoms with Crippen molar-refractivity contribution in [1.82, 2.24) is 9.78 Å². The van der Waals surface area contributed by atoms with Crippen LogP contribution in [0.4, 0.5) is 5.69 Å². The molecule has 1 fully saturated rings. The van der Waals surface area contributed by atoms with Crippen LogP contribution in [0.3, 0.4) is 0 Å². The third-order valence-electron chi connectivity index (χ3n) is 3.75. The predicted octanol–water partition coefficient (Wildman–Crippen LogP) is 1.62. The number of benzene rings is 1. The highest BCUT2D eigenvalue weighted by Gasteiger charge is 2.29. The summed E-state index contributed by atoms with van der Waals surface area (Å²) in [6.45, 7) is 4.79. The van der Waals surface area contributed by atoms with Crippen molar-refractivity contribution in [2.24, 2.45) is 7.05 Å². The largest absolute Gasteiger partial charge is 0.373 e. The lowest BCUT2D eigenvalue weighted by Gasteiger charge is -2.28. The van der Waals surface area contributed by atoms with Gasteiger partial charge in [0.15, 0.2) is 6.10 Å². The second kappa shape index (κ2) is 5.46. The molecule has 2 aromatic rings. The van der Waals surface area contributed by atoms with Gasteiger partial charge >= 0.3 is 0 Å². The van der Waals surface area contributed by atoms with Crippen LogP contribution in [0.15, 0.2) is 18.2 Å². The van der Waals surface area contributed by atoms with Crippen LogP contribution in [0.1, 0.15) is 12.6 Å². The molecule has 2 heterocycles. The van der Waals surface area contributed by atoms with E-state index >= 15 is 0 Å². The highest BCUT2D eigenvalue weighted by atomic mass is 16.6. The van der Waals surface area contributed by atoms with E-state index in [0.29, 0.717) is 13.2 Å². The van der Waals surface area contributed by atoms with Gasteiger partial charge in [-0.3, -0.25) is 9.48 Å². The summed E-state index contributed by atoms with van der Waals surface area (Å²) < 4.78 is 12.7. The lowest BCUT2D eigenvalue weighted by molar-refractivity contribution is -0.157. The molecule has 3 rings (SSSR count). The van der Waals surface area contributed by atoms with Gasteiger partial charge in [0.2, 0.25) is 0 Å². The molecule has 1 aromatic carbocycles. The van der Waals surface area contributed by atoms with Gasteiger partial charge < -0.3 is 14.8 Å². The van der Waals surface area contributed by atoms with Gasteiger partial charge in [0.1, 0.15) is 0 Å². The number of rotatable bonds is 2. The number of carbonyl (C=O) groups is 1. The van der Waals surface area contributed by atoms with Gasteiger partial charge in [0.25, 0.3) is 5.91 Å². The Labute approximate surface area is 123 Å². The molecule has 0 unspecified atom stereocenters. The topological polar surface area (TPSA) is 65.4 Å². The molecule has 1 aromatic heterocycles. The van der Waals surface area contributed by atoms with E-state index in [-0.39, 0.29) is 12.0 Å². The van der Waals surface area contributed by atoms with Crippen molar-refractivity contribution in [1.29, 1.82) is 0 Å². The number of nitrogens with zero attached hydrogens (tertiary/aromatic N) is 2. The number of amides is 1. The number of anilines is 1. The van der Waals surface area contributed by atoms with E-state index in [1.807, 2.05) is 43.8 Å². The summed E-state index contributed by atoms with van der Waals surface area (Å²) in [6.07, 6.45) is -0.802. The Balaban J connectivity index is 1.81. The van der Waals surface area contributed by atoms with E-state index in [4.69, 9.17) is 9.47 Å². The lowest BCUT2D eigenvalue weighted by atomic mass is 10.1. The van der Waals surface area contributed by atoms with Crippen molar-refractivity contribution in [2.75, 3.05) is 18.5 Å². The van der Waals surface area contributed by atoms with Crippen molar-refractivity contribution < 1.29 is 14.3 Å². The molecule has 0 saturated carbocycles. The molecule has 1 N–H and O–H groups in total. The van der Waals surface area contributed by atoms with Crippen molar-refractivity contribution >= 4 is 22.5 Å². The van der Waals surface area contributed by atoms with Crippen LogP contribution in [-0.4, -0.2) is 41.1 Å². The average molecular weight is 289 g/mol. The zero-order valence-electron chi connectivity index (χ0n) is 12.4. The van der Waals surface area contributed by atoms with Crippen LogP contribution in [0.25, 0.3) is 10.9 Å². The zero-order chi connectivity index (χ0) is 15.0. The molecule has 2 atom stereocenters. The number of aryl methyl sites for hydroxylation is 2. The highest BCUT2D eigenvalue weighted by molar-refractivity contribution is 5.96. The number of hydrogen-bond donors (Lipinski definition) is 1. The summed E-state index contributed by atoms with van der Waals surface area (Å²) in [5.41, 5.74) is 2.69. The van der Waals surface area contributed by atoms with Crippen molar-refractivity contribution in [3.05, 3.63) is 23.9 Å². The second-order valence-electron chi connectivity index (χ2n) is 5.30. The molecule has 1 saturated heterocycles. The Kier molecular flexibility index (Phi) is 3.65. The number of ether oxygens (including phenoxy) is 2. The summed E-state index contributed by atoms with van der Waals surface area (Å²) in [5, 5.41) is 8.34. The standard InChI is InChI=1S/C15H19N3O3/c1-9-12-5-4-11(8-13(12)18(3)17-9)16-15(19)14-10(2)20-6-7-21-14/h4-5,8,10,14H,6-7H2,1-3H3,(H,16,19)/t10-,14-/m0/s1. The average Bonchev–Trinajstić information content (AvgIpc) is 2.74. The maximum atomic E-state index is 12.3. The Hall–Kier alpha value is -1.92. The summed E-state index contributed by atoms with van der Waals surface area (Å²) in [4.78, 5) is 12.3. The van der Waals surface area contributed by atoms with Crippen LogP contribution in [-0.2, 0) is 21.3 Å². The first-order valence-electron chi connectivity index (χ1n) is 7.03. The maximum absolute atomic E-state index is 12.3. The Morgan fingerprint density at radius 3 is 2.90 bits per heavy atom. The van der Waals surface area contributed by atoms with Crippen LogP contribution >= 0.6 is 0 Å². The SMILES string of the molecule is Cc1nn(C)c2cc(NC(=O)[C@H]3OCCO[C@H]3C)ccc12. The molecule has 6 heteroatoms. The smallest absolute Gasteiger partial charge is 0.256 e. The second-order valence-corrected chi connectivity index (χ2v) is 5.30. The zero-order valence-corrected chi connectivity index (χ0v) is 12.4. The first-order valence-corrected chi connectivity index (χ1v) is 7.03. The molecule has 1 aliphatic heterocycles. The van der Waals surface area contributed by atoms with E-state index < -0.39 is 6.10 Å². The van der Waals surface area contributed by atoms with E-state index in [9.17, 15) is 4.79 Å². The fraction of sp³-hybridized carbons (Fsp3) is 0.467. The first kappa shape index (κ1) is 14.0. The fourth-order valence-corrected chi connectivity index (χ4v) is 2.65. The van der Waals surface area contributed by atoms with Crippen LogP contribution < -0.4 is 5.32 Å². The fourth-order valence-electron chi connectivity index (χ4n) is 2.65. The monoisotopic (exact) mass is 289 g/mol. The molecule has 0 spiro atoms. The van der Waals surface area contributed by atoms with Gasteiger partial charge in [-0.1, -0.05) is 0 Å². The molecule has 0 radical (unpaired) electrons. The number of fused-ring (bicyclic) bond motifs is 1. The predicted molar refractivity (Wildman–Crippen MR) is 79.2 cm³/mol. The van der Waals surface area contributed by atoms with E-state index in [1.54, 1.807) is 0 Å². The highest BCUT2D eigenvalue weighted by Crippen LogP contribution is 2.22. The lowest BCUT2D eigenvalue weighted by Crippen LogP contribution is -2.44. The molecule has 0 bridgehead atoms. The minimum absolute atomic E-state index is 0.180.